The maximum Gasteiger partial charge on any atom is 0.275 e. The molecule has 1 aliphatic carbocycles. The summed E-state index contributed by atoms with van der Waals surface area (Å²) in [5, 5.41) is 7.46. The van der Waals surface area contributed by atoms with Gasteiger partial charge in [-0.25, -0.2) is 9.97 Å². The largest absolute Gasteiger partial charge is 0.446 e. The van der Waals surface area contributed by atoms with Gasteiger partial charge in [0.05, 0.1) is 0 Å². The molecule has 1 saturated heterocycles. The minimum atomic E-state index is -0.0900. The lowest BCUT2D eigenvalue weighted by molar-refractivity contribution is 0.0778. The summed E-state index contributed by atoms with van der Waals surface area (Å²) in [5.74, 6) is 3.66. The number of aromatic nitrogens is 4. The van der Waals surface area contributed by atoms with Crippen LogP contribution < -0.4 is 0 Å². The molecule has 140 valence electrons. The third kappa shape index (κ3) is 3.25. The van der Waals surface area contributed by atoms with E-state index in [0.29, 0.717) is 30.0 Å². The van der Waals surface area contributed by atoms with Crippen molar-refractivity contribution >= 4 is 5.91 Å². The maximum absolute atomic E-state index is 12.9. The van der Waals surface area contributed by atoms with Crippen LogP contribution in [-0.2, 0) is 11.3 Å². The Hall–Kier alpha value is -2.22. The molecule has 1 saturated carbocycles. The summed E-state index contributed by atoms with van der Waals surface area (Å²) in [7, 11) is 1.57. The molecule has 2 aromatic rings. The molecule has 2 atom stereocenters. The number of rotatable bonds is 6. The Morgan fingerprint density at radius 2 is 2.19 bits per heavy atom. The van der Waals surface area contributed by atoms with Crippen molar-refractivity contribution in [3.05, 3.63) is 29.5 Å². The zero-order valence-electron chi connectivity index (χ0n) is 15.4. The van der Waals surface area contributed by atoms with E-state index in [0.717, 1.165) is 18.2 Å². The van der Waals surface area contributed by atoms with Crippen molar-refractivity contribution in [1.29, 1.82) is 0 Å². The summed E-state index contributed by atoms with van der Waals surface area (Å²) < 4.78 is 10.3. The van der Waals surface area contributed by atoms with E-state index in [2.05, 4.69) is 29.0 Å². The Morgan fingerprint density at radius 1 is 1.38 bits per heavy atom. The van der Waals surface area contributed by atoms with Gasteiger partial charge in [-0.2, -0.15) is 5.10 Å². The van der Waals surface area contributed by atoms with Gasteiger partial charge in [0, 0.05) is 32.0 Å². The molecule has 2 aromatic heterocycles. The number of hydrogen-bond acceptors (Lipinski definition) is 6. The van der Waals surface area contributed by atoms with E-state index >= 15 is 0 Å². The van der Waals surface area contributed by atoms with E-state index in [1.54, 1.807) is 7.11 Å². The van der Waals surface area contributed by atoms with Gasteiger partial charge in [-0.1, -0.05) is 13.8 Å². The van der Waals surface area contributed by atoms with E-state index in [1.165, 1.54) is 19.1 Å². The first-order chi connectivity index (χ1) is 12.6. The number of carbonyl (C=O) groups excluding carboxylic acids is 1. The van der Waals surface area contributed by atoms with Crippen LogP contribution in [0.3, 0.4) is 0 Å². The zero-order valence-corrected chi connectivity index (χ0v) is 15.4. The highest BCUT2D eigenvalue weighted by Gasteiger charge is 2.46. The van der Waals surface area contributed by atoms with Gasteiger partial charge in [0.1, 0.15) is 18.7 Å². The second-order valence-corrected chi connectivity index (χ2v) is 7.61. The molecule has 0 radical (unpaired) electrons. The topological polar surface area (TPSA) is 97.1 Å². The SMILES string of the molecule is COCc1nc(C(=O)N2C[C@H](c3nc(C(C)C)n[nH]3)[C@@H](C3CC3)C2)co1. The molecule has 4 rings (SSSR count). The molecule has 0 unspecified atom stereocenters. The molecule has 8 heteroatoms. The van der Waals surface area contributed by atoms with Crippen LogP contribution in [0.4, 0.5) is 0 Å². The molecule has 26 heavy (non-hydrogen) atoms. The van der Waals surface area contributed by atoms with Crippen molar-refractivity contribution in [2.24, 2.45) is 11.8 Å². The Labute approximate surface area is 152 Å². The first kappa shape index (κ1) is 17.2. The van der Waals surface area contributed by atoms with Crippen LogP contribution in [0.25, 0.3) is 0 Å². The number of nitrogens with one attached hydrogen (secondary N) is 1. The molecule has 1 aliphatic heterocycles. The van der Waals surface area contributed by atoms with Gasteiger partial charge in [0.15, 0.2) is 11.5 Å². The minimum absolute atomic E-state index is 0.0900. The monoisotopic (exact) mass is 359 g/mol. The van der Waals surface area contributed by atoms with E-state index in [9.17, 15) is 4.79 Å². The van der Waals surface area contributed by atoms with Gasteiger partial charge in [0.2, 0.25) is 5.89 Å². The predicted molar refractivity (Wildman–Crippen MR) is 92.5 cm³/mol. The molecule has 8 nitrogen and oxygen atoms in total. The molecule has 3 heterocycles. The summed E-state index contributed by atoms with van der Waals surface area (Å²) in [6.07, 6.45) is 3.88. The van der Waals surface area contributed by atoms with Gasteiger partial charge in [-0.3, -0.25) is 9.89 Å². The number of amides is 1. The van der Waals surface area contributed by atoms with Gasteiger partial charge >= 0.3 is 0 Å². The fraction of sp³-hybridized carbons (Fsp3) is 0.667. The molecule has 0 bridgehead atoms. The second-order valence-electron chi connectivity index (χ2n) is 7.61. The highest BCUT2D eigenvalue weighted by molar-refractivity contribution is 5.92. The highest BCUT2D eigenvalue weighted by atomic mass is 16.5. The van der Waals surface area contributed by atoms with Crippen LogP contribution in [0, 0.1) is 11.8 Å². The number of methoxy groups -OCH3 is 1. The van der Waals surface area contributed by atoms with Crippen LogP contribution in [0.15, 0.2) is 10.7 Å². The highest BCUT2D eigenvalue weighted by Crippen LogP contribution is 2.47. The number of carbonyl (C=O) groups is 1. The second kappa shape index (κ2) is 6.83. The molecule has 2 fully saturated rings. The lowest BCUT2D eigenvalue weighted by Crippen LogP contribution is -2.29. The first-order valence-electron chi connectivity index (χ1n) is 9.21. The van der Waals surface area contributed by atoms with Crippen LogP contribution in [-0.4, -0.2) is 51.2 Å². The zero-order chi connectivity index (χ0) is 18.3. The Bertz CT molecular complexity index is 779. The molecule has 2 aliphatic rings. The van der Waals surface area contributed by atoms with Crippen molar-refractivity contribution in [3.8, 4) is 0 Å². The first-order valence-corrected chi connectivity index (χ1v) is 9.21. The van der Waals surface area contributed by atoms with Gasteiger partial charge in [-0.15, -0.1) is 0 Å². The van der Waals surface area contributed by atoms with Crippen LogP contribution in [0.1, 0.15) is 66.6 Å². The fourth-order valence-corrected chi connectivity index (χ4v) is 3.76. The minimum Gasteiger partial charge on any atom is -0.446 e. The summed E-state index contributed by atoms with van der Waals surface area (Å²) in [6.45, 7) is 5.80. The van der Waals surface area contributed by atoms with Gasteiger partial charge < -0.3 is 14.1 Å². The van der Waals surface area contributed by atoms with Crippen LogP contribution in [0.5, 0.6) is 0 Å². The number of hydrogen-bond donors (Lipinski definition) is 1. The Morgan fingerprint density at radius 3 is 2.85 bits per heavy atom. The molecule has 0 aromatic carbocycles. The van der Waals surface area contributed by atoms with E-state index in [1.807, 2.05) is 4.90 Å². The standard InChI is InChI=1S/C18H25N5O3/c1-10(2)16-20-17(22-21-16)13-7-23(6-12(13)11-4-5-11)18(24)14-8-26-15(19-14)9-25-3/h8,10-13H,4-7,9H2,1-3H3,(H,20,21,22)/t12-,13+/m1/s1. The summed E-state index contributed by atoms with van der Waals surface area (Å²) in [6, 6.07) is 0. The molecular formula is C18H25N5O3. The van der Waals surface area contributed by atoms with Gasteiger partial charge in [-0.05, 0) is 24.7 Å². The number of ether oxygens (including phenoxy) is 1. The van der Waals surface area contributed by atoms with Crippen molar-refractivity contribution in [3.63, 3.8) is 0 Å². The van der Waals surface area contributed by atoms with E-state index in [-0.39, 0.29) is 24.3 Å². The lowest BCUT2D eigenvalue weighted by atomic mass is 9.91. The molecule has 1 N–H and O–H groups in total. The number of H-pyrrole nitrogens is 1. The molecular weight excluding hydrogens is 334 g/mol. The molecule has 0 spiro atoms. The third-order valence-corrected chi connectivity index (χ3v) is 5.31. The number of likely N-dealkylation sites (tertiary alicyclic amines) is 1. The Kier molecular flexibility index (Phi) is 4.52. The van der Waals surface area contributed by atoms with Crippen molar-refractivity contribution < 1.29 is 13.9 Å². The predicted octanol–water partition coefficient (Wildman–Crippen LogP) is 2.33. The third-order valence-electron chi connectivity index (χ3n) is 5.31. The summed E-state index contributed by atoms with van der Waals surface area (Å²) in [4.78, 5) is 23.7. The fourth-order valence-electron chi connectivity index (χ4n) is 3.76. The summed E-state index contributed by atoms with van der Waals surface area (Å²) >= 11 is 0. The van der Waals surface area contributed by atoms with E-state index < -0.39 is 0 Å². The maximum atomic E-state index is 12.9. The normalized spacial score (nSPS) is 23.2. The average molecular weight is 359 g/mol. The molecule has 1 amide bonds. The lowest BCUT2D eigenvalue weighted by Gasteiger charge is -2.14. The quantitative estimate of drug-likeness (QED) is 0.850. The van der Waals surface area contributed by atoms with Crippen molar-refractivity contribution in [2.45, 2.75) is 45.1 Å². The summed E-state index contributed by atoms with van der Waals surface area (Å²) in [5.41, 5.74) is 0.340. The van der Waals surface area contributed by atoms with Crippen molar-refractivity contribution in [2.75, 3.05) is 20.2 Å². The Balaban J connectivity index is 1.52. The smallest absolute Gasteiger partial charge is 0.275 e. The van der Waals surface area contributed by atoms with Gasteiger partial charge in [0.25, 0.3) is 5.91 Å². The van der Waals surface area contributed by atoms with Crippen molar-refractivity contribution in [1.82, 2.24) is 25.1 Å². The van der Waals surface area contributed by atoms with E-state index in [4.69, 9.17) is 14.1 Å². The number of aromatic amines is 1. The number of oxazole rings is 1. The average Bonchev–Trinajstić information content (AvgIpc) is 3.06. The number of nitrogens with zero attached hydrogens (tertiary/aromatic N) is 4. The van der Waals surface area contributed by atoms with Crippen LogP contribution in [0.2, 0.25) is 0 Å². The van der Waals surface area contributed by atoms with Crippen LogP contribution >= 0.6 is 0 Å².